The second-order valence-electron chi connectivity index (χ2n) is 5.04. The first kappa shape index (κ1) is 14.5. The van der Waals surface area contributed by atoms with E-state index in [1.807, 2.05) is 24.3 Å². The van der Waals surface area contributed by atoms with Crippen molar-refractivity contribution in [2.75, 3.05) is 0 Å². The molecule has 0 radical (unpaired) electrons. The third-order valence-electron chi connectivity index (χ3n) is 3.58. The highest BCUT2D eigenvalue weighted by Crippen LogP contribution is 2.43. The highest BCUT2D eigenvalue weighted by atomic mass is 32.2. The molecule has 110 valence electrons. The lowest BCUT2D eigenvalue weighted by Gasteiger charge is -2.18. The number of thioether (sulfide) groups is 1. The monoisotopic (exact) mass is 310 g/mol. The predicted molar refractivity (Wildman–Crippen MR) is 76.2 cm³/mol. The van der Waals surface area contributed by atoms with Gasteiger partial charge < -0.3 is 5.11 Å². The smallest absolute Gasteiger partial charge is 0.387 e. The first-order valence-corrected chi connectivity index (χ1v) is 7.43. The molecule has 0 fully saturated rings. The Labute approximate surface area is 124 Å². The molecule has 0 saturated carbocycles. The van der Waals surface area contributed by atoms with Crippen molar-refractivity contribution in [3.8, 4) is 0 Å². The summed E-state index contributed by atoms with van der Waals surface area (Å²) < 4.78 is 38.2. The van der Waals surface area contributed by atoms with Gasteiger partial charge >= 0.3 is 6.18 Å². The molecule has 0 aromatic heterocycles. The number of hydrogen-bond acceptors (Lipinski definition) is 2. The number of benzene rings is 2. The third-order valence-corrected chi connectivity index (χ3v) is 4.96. The standard InChI is InChI=1S/C16H13F3OS/c17-16(18,19)12-6-3-5-11(8-12)15(20)14-9-10-4-1-2-7-13(10)21-14/h1-8,14-15,20H,9H2. The zero-order valence-corrected chi connectivity index (χ0v) is 11.8. The van der Waals surface area contributed by atoms with Crippen LogP contribution in [-0.2, 0) is 12.6 Å². The molecular formula is C16H13F3OS. The Kier molecular flexibility index (Phi) is 3.71. The van der Waals surface area contributed by atoms with Crippen LogP contribution < -0.4 is 0 Å². The molecule has 1 aliphatic rings. The second-order valence-corrected chi connectivity index (χ2v) is 6.32. The number of fused-ring (bicyclic) bond motifs is 1. The Hall–Kier alpha value is -1.46. The van der Waals surface area contributed by atoms with Gasteiger partial charge in [0, 0.05) is 10.1 Å². The van der Waals surface area contributed by atoms with Crippen LogP contribution in [0.25, 0.3) is 0 Å². The molecule has 1 nitrogen and oxygen atoms in total. The van der Waals surface area contributed by atoms with E-state index in [4.69, 9.17) is 0 Å². The molecule has 0 amide bonds. The van der Waals surface area contributed by atoms with E-state index in [2.05, 4.69) is 0 Å². The van der Waals surface area contributed by atoms with Gasteiger partial charge in [-0.15, -0.1) is 11.8 Å². The van der Waals surface area contributed by atoms with E-state index in [9.17, 15) is 18.3 Å². The van der Waals surface area contributed by atoms with Crippen LogP contribution >= 0.6 is 11.8 Å². The fourth-order valence-electron chi connectivity index (χ4n) is 2.50. The first-order chi connectivity index (χ1) is 9.95. The SMILES string of the molecule is OC(c1cccc(C(F)(F)F)c1)C1Cc2ccccc2S1. The summed E-state index contributed by atoms with van der Waals surface area (Å²) in [5.41, 5.74) is 0.730. The van der Waals surface area contributed by atoms with Crippen LogP contribution in [0.1, 0.15) is 22.8 Å². The lowest BCUT2D eigenvalue weighted by Crippen LogP contribution is -2.15. The van der Waals surface area contributed by atoms with Crippen molar-refractivity contribution < 1.29 is 18.3 Å². The fraction of sp³-hybridized carbons (Fsp3) is 0.250. The van der Waals surface area contributed by atoms with Gasteiger partial charge in [-0.1, -0.05) is 30.3 Å². The minimum atomic E-state index is -4.39. The van der Waals surface area contributed by atoms with E-state index in [0.29, 0.717) is 12.0 Å². The summed E-state index contributed by atoms with van der Waals surface area (Å²) in [6, 6.07) is 12.8. The lowest BCUT2D eigenvalue weighted by atomic mass is 9.99. The van der Waals surface area contributed by atoms with E-state index in [-0.39, 0.29) is 5.25 Å². The molecule has 3 rings (SSSR count). The van der Waals surface area contributed by atoms with Crippen LogP contribution in [0.2, 0.25) is 0 Å². The maximum absolute atomic E-state index is 12.7. The third kappa shape index (κ3) is 2.94. The molecule has 0 spiro atoms. The van der Waals surface area contributed by atoms with Gasteiger partial charge in [0.25, 0.3) is 0 Å². The maximum Gasteiger partial charge on any atom is 0.416 e. The predicted octanol–water partition coefficient (Wildman–Crippen LogP) is 4.46. The molecular weight excluding hydrogens is 297 g/mol. The number of halogens is 3. The number of aliphatic hydroxyl groups excluding tert-OH is 1. The summed E-state index contributed by atoms with van der Waals surface area (Å²) in [5, 5.41) is 10.2. The Bertz CT molecular complexity index is 629. The van der Waals surface area contributed by atoms with Crippen LogP contribution in [-0.4, -0.2) is 10.4 Å². The zero-order valence-electron chi connectivity index (χ0n) is 11.0. The van der Waals surface area contributed by atoms with E-state index in [1.54, 1.807) is 6.07 Å². The normalized spacial score (nSPS) is 19.3. The zero-order chi connectivity index (χ0) is 15.0. The van der Waals surface area contributed by atoms with Gasteiger partial charge in [0.1, 0.15) is 0 Å². The van der Waals surface area contributed by atoms with Crippen LogP contribution in [0.5, 0.6) is 0 Å². The summed E-state index contributed by atoms with van der Waals surface area (Å²) in [5.74, 6) is 0. The summed E-state index contributed by atoms with van der Waals surface area (Å²) in [6.45, 7) is 0. The van der Waals surface area contributed by atoms with Crippen LogP contribution in [0.3, 0.4) is 0 Å². The first-order valence-electron chi connectivity index (χ1n) is 6.55. The Morgan fingerprint density at radius 1 is 1.10 bits per heavy atom. The molecule has 2 atom stereocenters. The average Bonchev–Trinajstić information content (AvgIpc) is 2.89. The maximum atomic E-state index is 12.7. The second kappa shape index (κ2) is 5.39. The van der Waals surface area contributed by atoms with E-state index < -0.39 is 17.8 Å². The van der Waals surface area contributed by atoms with Gasteiger partial charge in [-0.25, -0.2) is 0 Å². The fourth-order valence-corrected chi connectivity index (χ4v) is 3.83. The summed E-state index contributed by atoms with van der Waals surface area (Å²) in [6.07, 6.45) is -4.63. The lowest BCUT2D eigenvalue weighted by molar-refractivity contribution is -0.137. The summed E-state index contributed by atoms with van der Waals surface area (Å²) in [7, 11) is 0. The largest absolute Gasteiger partial charge is 0.416 e. The average molecular weight is 310 g/mol. The van der Waals surface area contributed by atoms with Crippen LogP contribution in [0, 0.1) is 0 Å². The molecule has 0 bridgehead atoms. The quantitative estimate of drug-likeness (QED) is 0.884. The number of rotatable bonds is 2. The van der Waals surface area contributed by atoms with Gasteiger partial charge in [-0.05, 0) is 35.7 Å². The molecule has 2 aromatic carbocycles. The van der Waals surface area contributed by atoms with E-state index in [0.717, 1.165) is 22.6 Å². The molecule has 0 saturated heterocycles. The molecule has 0 aliphatic carbocycles. The van der Waals surface area contributed by atoms with Gasteiger partial charge in [-0.3, -0.25) is 0 Å². The number of aliphatic hydroxyl groups is 1. The van der Waals surface area contributed by atoms with Gasteiger partial charge in [0.2, 0.25) is 0 Å². The van der Waals surface area contributed by atoms with Gasteiger partial charge in [0.05, 0.1) is 11.7 Å². The summed E-state index contributed by atoms with van der Waals surface area (Å²) >= 11 is 1.52. The van der Waals surface area contributed by atoms with Crippen molar-refractivity contribution in [2.45, 2.75) is 28.8 Å². The molecule has 1 heterocycles. The molecule has 5 heteroatoms. The number of hydrogen-bond donors (Lipinski definition) is 1. The minimum absolute atomic E-state index is 0.147. The highest BCUT2D eigenvalue weighted by molar-refractivity contribution is 8.00. The molecule has 1 aliphatic heterocycles. The summed E-state index contributed by atoms with van der Waals surface area (Å²) in [4.78, 5) is 1.09. The number of alkyl halides is 3. The topological polar surface area (TPSA) is 20.2 Å². The van der Waals surface area contributed by atoms with Crippen molar-refractivity contribution in [2.24, 2.45) is 0 Å². The van der Waals surface area contributed by atoms with Crippen LogP contribution in [0.4, 0.5) is 13.2 Å². The Balaban J connectivity index is 1.83. The van der Waals surface area contributed by atoms with Crippen molar-refractivity contribution in [3.05, 3.63) is 65.2 Å². The molecule has 2 unspecified atom stereocenters. The minimum Gasteiger partial charge on any atom is -0.387 e. The van der Waals surface area contributed by atoms with Crippen molar-refractivity contribution in [3.63, 3.8) is 0 Å². The van der Waals surface area contributed by atoms with Crippen LogP contribution in [0.15, 0.2) is 53.4 Å². The van der Waals surface area contributed by atoms with Gasteiger partial charge in [-0.2, -0.15) is 13.2 Å². The Morgan fingerprint density at radius 2 is 1.86 bits per heavy atom. The highest BCUT2D eigenvalue weighted by Gasteiger charge is 2.33. The molecule has 1 N–H and O–H groups in total. The van der Waals surface area contributed by atoms with E-state index in [1.165, 1.54) is 17.8 Å². The van der Waals surface area contributed by atoms with Crippen molar-refractivity contribution >= 4 is 11.8 Å². The van der Waals surface area contributed by atoms with E-state index >= 15 is 0 Å². The van der Waals surface area contributed by atoms with Crippen molar-refractivity contribution in [1.82, 2.24) is 0 Å². The Morgan fingerprint density at radius 3 is 2.57 bits per heavy atom. The molecule has 2 aromatic rings. The van der Waals surface area contributed by atoms with Crippen molar-refractivity contribution in [1.29, 1.82) is 0 Å². The molecule has 21 heavy (non-hydrogen) atoms. The van der Waals surface area contributed by atoms with Gasteiger partial charge in [0.15, 0.2) is 0 Å².